The summed E-state index contributed by atoms with van der Waals surface area (Å²) >= 11 is 0. The maximum absolute atomic E-state index is 14.6. The highest BCUT2D eigenvalue weighted by Crippen LogP contribution is 2.53. The first kappa shape index (κ1) is 30.7. The monoisotopic (exact) mass is 557 g/mol. The van der Waals surface area contributed by atoms with Crippen molar-refractivity contribution in [2.24, 2.45) is 0 Å². The number of hydrogen-bond acceptors (Lipinski definition) is 6. The van der Waals surface area contributed by atoms with E-state index in [1.54, 1.807) is 52.0 Å². The van der Waals surface area contributed by atoms with Crippen molar-refractivity contribution in [2.75, 3.05) is 19.3 Å². The van der Waals surface area contributed by atoms with E-state index in [-0.39, 0.29) is 19.2 Å². The zero-order chi connectivity index (χ0) is 28.7. The molecule has 3 unspecified atom stereocenters. The van der Waals surface area contributed by atoms with Crippen LogP contribution >= 0.6 is 7.37 Å². The molecule has 8 nitrogen and oxygen atoms in total. The maximum Gasteiger partial charge on any atom is 0.524 e. The van der Waals surface area contributed by atoms with Crippen LogP contribution in [0.5, 0.6) is 0 Å². The molecular weight excluding hydrogens is 515 g/mol. The lowest BCUT2D eigenvalue weighted by atomic mass is 10.1. The molecule has 2 aromatic carbocycles. The molecule has 4 atom stereocenters. The summed E-state index contributed by atoms with van der Waals surface area (Å²) in [6, 6.07) is 18.0. The van der Waals surface area contributed by atoms with E-state index < -0.39 is 47.3 Å². The second-order valence-corrected chi connectivity index (χ2v) is 13.8. The van der Waals surface area contributed by atoms with Gasteiger partial charge in [-0.15, -0.1) is 0 Å². The van der Waals surface area contributed by atoms with Crippen LogP contribution in [-0.4, -0.2) is 59.1 Å². The fourth-order valence-electron chi connectivity index (χ4n) is 5.08. The van der Waals surface area contributed by atoms with Crippen LogP contribution in [0.25, 0.3) is 0 Å². The highest BCUT2D eigenvalue weighted by molar-refractivity contribution is 7.60. The molecular formula is C30H42N2O6P+. The van der Waals surface area contributed by atoms with Gasteiger partial charge in [0.25, 0.3) is 5.91 Å². The highest BCUT2D eigenvalue weighted by Gasteiger charge is 2.57. The van der Waals surface area contributed by atoms with E-state index in [9.17, 15) is 18.9 Å². The van der Waals surface area contributed by atoms with E-state index in [2.05, 4.69) is 5.32 Å². The van der Waals surface area contributed by atoms with Crippen LogP contribution in [0.4, 0.5) is 4.79 Å². The van der Waals surface area contributed by atoms with E-state index in [1.165, 1.54) is 0 Å². The lowest BCUT2D eigenvalue weighted by molar-refractivity contribution is -0.792. The summed E-state index contributed by atoms with van der Waals surface area (Å²) in [7, 11) is -3.81. The summed E-state index contributed by atoms with van der Waals surface area (Å²) in [6.07, 6.45) is 1.07. The lowest BCUT2D eigenvalue weighted by Crippen LogP contribution is -2.61. The summed E-state index contributed by atoms with van der Waals surface area (Å²) in [4.78, 5) is 40.7. The minimum absolute atomic E-state index is 0.0929. The number of amides is 3. The molecule has 3 rings (SSSR count). The average molecular weight is 558 g/mol. The van der Waals surface area contributed by atoms with E-state index >= 15 is 0 Å². The van der Waals surface area contributed by atoms with Crippen LogP contribution in [0, 0.1) is 0 Å². The van der Waals surface area contributed by atoms with E-state index in [4.69, 9.17) is 9.26 Å². The van der Waals surface area contributed by atoms with Crippen molar-refractivity contribution in [1.29, 1.82) is 0 Å². The number of hydrogen-bond donors (Lipinski definition) is 1. The van der Waals surface area contributed by atoms with Gasteiger partial charge in [-0.3, -0.25) is 9.36 Å². The Morgan fingerprint density at radius 1 is 1.05 bits per heavy atom. The molecule has 0 bridgehead atoms. The molecule has 0 aromatic heterocycles. The minimum Gasteiger partial charge on any atom is -0.414 e. The predicted molar refractivity (Wildman–Crippen MR) is 152 cm³/mol. The van der Waals surface area contributed by atoms with Crippen molar-refractivity contribution in [3.63, 3.8) is 0 Å². The van der Waals surface area contributed by atoms with E-state index in [0.717, 1.165) is 5.56 Å². The first-order valence-electron chi connectivity index (χ1n) is 13.7. The number of carbonyl (C=O) groups is 3. The highest BCUT2D eigenvalue weighted by atomic mass is 31.2. The second-order valence-electron chi connectivity index (χ2n) is 11.1. The zero-order valence-corrected chi connectivity index (χ0v) is 24.6. The van der Waals surface area contributed by atoms with Crippen molar-refractivity contribution in [3.05, 3.63) is 71.8 Å². The quantitative estimate of drug-likeness (QED) is 0.278. The maximum atomic E-state index is 14.6. The van der Waals surface area contributed by atoms with Gasteiger partial charge in [0.15, 0.2) is 0 Å². The Balaban J connectivity index is 1.95. The molecule has 1 aliphatic heterocycles. The van der Waals surface area contributed by atoms with Gasteiger partial charge in [0.2, 0.25) is 7.37 Å². The van der Waals surface area contributed by atoms with Gasteiger partial charge in [0, 0.05) is 18.4 Å². The van der Waals surface area contributed by atoms with Crippen molar-refractivity contribution in [1.82, 2.24) is 5.32 Å². The van der Waals surface area contributed by atoms with Gasteiger partial charge < -0.3 is 14.6 Å². The van der Waals surface area contributed by atoms with E-state index in [1.807, 2.05) is 43.3 Å². The third kappa shape index (κ3) is 7.65. The topological polar surface area (TPSA) is 98.8 Å². The Labute approximate surface area is 232 Å². The molecule has 1 N–H and O–H groups in total. The van der Waals surface area contributed by atoms with Crippen LogP contribution in [0.15, 0.2) is 60.7 Å². The molecule has 9 heteroatoms. The molecule has 1 heterocycles. The summed E-state index contributed by atoms with van der Waals surface area (Å²) in [5.41, 5.74) is 0.648. The summed E-state index contributed by atoms with van der Waals surface area (Å²) in [5, 5.41) is 2.91. The third-order valence-corrected chi connectivity index (χ3v) is 9.85. The van der Waals surface area contributed by atoms with E-state index in [0.29, 0.717) is 31.2 Å². The van der Waals surface area contributed by atoms with Crippen molar-refractivity contribution >= 4 is 25.3 Å². The van der Waals surface area contributed by atoms with Gasteiger partial charge in [-0.1, -0.05) is 48.5 Å². The van der Waals surface area contributed by atoms with Crippen molar-refractivity contribution < 1.29 is 32.7 Å². The second kappa shape index (κ2) is 13.0. The number of quaternary nitrogens is 1. The molecule has 1 aliphatic rings. The van der Waals surface area contributed by atoms with Gasteiger partial charge in [0.1, 0.15) is 23.6 Å². The molecule has 0 radical (unpaired) electrons. The Kier molecular flexibility index (Phi) is 10.3. The molecule has 2 aromatic rings. The number of imide groups is 1. The third-order valence-electron chi connectivity index (χ3n) is 7.11. The standard InChI is InChI=1S/C30H41N2O6P/c1-6-37-39(36,22-27(33)32(21-13-14-23(32)2)29(35)38-30(3,4)5)26(20-19-24-15-9-7-10-16-24)31-28(34)25-17-11-8-12-18-25/h7-12,15-18,23,26H,6,13-14,19-22H2,1-5H3/p+1/t23-,26?,32?,39?/m1/s1. The van der Waals surface area contributed by atoms with Gasteiger partial charge >= 0.3 is 12.0 Å². The number of nitrogens with one attached hydrogen (secondary N) is 1. The molecule has 1 saturated heterocycles. The zero-order valence-electron chi connectivity index (χ0n) is 23.7. The van der Waals surface area contributed by atoms with Crippen molar-refractivity contribution in [2.45, 2.75) is 77.7 Å². The Bertz CT molecular complexity index is 1180. The number of nitrogens with zero attached hydrogens (tertiary/aromatic N) is 1. The molecule has 212 valence electrons. The van der Waals surface area contributed by atoms with Crippen molar-refractivity contribution in [3.8, 4) is 0 Å². The Hall–Kier alpha value is -2.80. The van der Waals surface area contributed by atoms with Crippen LogP contribution in [0.1, 0.15) is 69.8 Å². The molecule has 3 amide bonds. The number of likely N-dealkylation sites (tertiary alicyclic amines) is 1. The van der Waals surface area contributed by atoms with Gasteiger partial charge in [0.05, 0.1) is 13.2 Å². The number of aryl methyl sites for hydroxylation is 1. The first-order chi connectivity index (χ1) is 18.4. The normalized spacial score (nSPS) is 21.5. The minimum atomic E-state index is -3.81. The fourth-order valence-corrected chi connectivity index (χ4v) is 7.48. The lowest BCUT2D eigenvalue weighted by Gasteiger charge is -2.36. The van der Waals surface area contributed by atoms with Crippen LogP contribution in [0.2, 0.25) is 0 Å². The number of benzene rings is 2. The predicted octanol–water partition coefficient (Wildman–Crippen LogP) is 6.15. The Morgan fingerprint density at radius 2 is 1.67 bits per heavy atom. The number of rotatable bonds is 10. The summed E-state index contributed by atoms with van der Waals surface area (Å²) < 4.78 is 25.6. The SMILES string of the molecule is CCOP(=O)(CC(=O)[N+]1(C(=O)OC(C)(C)C)CCC[C@H]1C)C(CCc1ccccc1)NC(=O)c1ccccc1. The largest absolute Gasteiger partial charge is 0.524 e. The fraction of sp³-hybridized carbons (Fsp3) is 0.500. The number of ether oxygens (including phenoxy) is 1. The molecule has 0 spiro atoms. The van der Waals surface area contributed by atoms with Gasteiger partial charge in [-0.2, -0.15) is 9.28 Å². The van der Waals surface area contributed by atoms with Gasteiger partial charge in [-0.05, 0) is 65.2 Å². The summed E-state index contributed by atoms with van der Waals surface area (Å²) in [5.74, 6) is -1.82. The Morgan fingerprint density at radius 3 is 2.21 bits per heavy atom. The molecule has 39 heavy (non-hydrogen) atoms. The molecule has 1 fully saturated rings. The van der Waals surface area contributed by atoms with Crippen LogP contribution < -0.4 is 5.32 Å². The summed E-state index contributed by atoms with van der Waals surface area (Å²) in [6.45, 7) is 9.22. The van der Waals surface area contributed by atoms with Crippen LogP contribution in [0.3, 0.4) is 0 Å². The molecule has 0 aliphatic carbocycles. The smallest absolute Gasteiger partial charge is 0.414 e. The number of carbonyl (C=O) groups excluding carboxylic acids is 3. The average Bonchev–Trinajstić information content (AvgIpc) is 3.29. The molecule has 0 saturated carbocycles. The van der Waals surface area contributed by atoms with Gasteiger partial charge in [-0.25, -0.2) is 4.79 Å². The first-order valence-corrected chi connectivity index (χ1v) is 15.6. The van der Waals surface area contributed by atoms with Crippen LogP contribution in [-0.2, 0) is 25.0 Å².